The summed E-state index contributed by atoms with van der Waals surface area (Å²) in [5.41, 5.74) is 4.12. The predicted molar refractivity (Wildman–Crippen MR) is 80.8 cm³/mol. The van der Waals surface area contributed by atoms with E-state index in [1.807, 2.05) is 24.3 Å². The van der Waals surface area contributed by atoms with Gasteiger partial charge in [-0.25, -0.2) is 4.39 Å². The summed E-state index contributed by atoms with van der Waals surface area (Å²) >= 11 is 7.23. The van der Waals surface area contributed by atoms with Crippen LogP contribution in [0.1, 0.15) is 27.1 Å². The quantitative estimate of drug-likeness (QED) is 0.595. The molecule has 1 unspecified atom stereocenters. The topological polar surface area (TPSA) is 0 Å². The molecular formula is C15H13Br2F. The lowest BCUT2D eigenvalue weighted by molar-refractivity contribution is 0.617. The molecule has 0 fully saturated rings. The van der Waals surface area contributed by atoms with E-state index >= 15 is 0 Å². The van der Waals surface area contributed by atoms with Crippen LogP contribution in [-0.4, -0.2) is 0 Å². The van der Waals surface area contributed by atoms with Crippen molar-refractivity contribution in [2.45, 2.75) is 18.7 Å². The van der Waals surface area contributed by atoms with Gasteiger partial charge in [-0.1, -0.05) is 56.1 Å². The van der Waals surface area contributed by atoms with Gasteiger partial charge in [-0.3, -0.25) is 0 Å². The van der Waals surface area contributed by atoms with Crippen molar-refractivity contribution in [1.29, 1.82) is 0 Å². The monoisotopic (exact) mass is 370 g/mol. The van der Waals surface area contributed by atoms with E-state index in [1.54, 1.807) is 6.92 Å². The van der Waals surface area contributed by atoms with Gasteiger partial charge in [0.15, 0.2) is 0 Å². The fourth-order valence-electron chi connectivity index (χ4n) is 1.90. The van der Waals surface area contributed by atoms with Crippen LogP contribution in [-0.2, 0) is 0 Å². The third-order valence-electron chi connectivity index (χ3n) is 3.06. The highest BCUT2D eigenvalue weighted by molar-refractivity contribution is 9.10. The van der Waals surface area contributed by atoms with Crippen molar-refractivity contribution in [2.24, 2.45) is 0 Å². The molecule has 0 saturated carbocycles. The van der Waals surface area contributed by atoms with Crippen molar-refractivity contribution >= 4 is 31.9 Å². The summed E-state index contributed by atoms with van der Waals surface area (Å²) in [6.07, 6.45) is 0. The van der Waals surface area contributed by atoms with Crippen LogP contribution in [0.5, 0.6) is 0 Å². The van der Waals surface area contributed by atoms with Gasteiger partial charge in [0.05, 0.1) is 4.83 Å². The summed E-state index contributed by atoms with van der Waals surface area (Å²) in [6.45, 7) is 3.86. The van der Waals surface area contributed by atoms with Gasteiger partial charge in [-0.05, 0) is 48.2 Å². The first kappa shape index (κ1) is 13.8. The smallest absolute Gasteiger partial charge is 0.126 e. The molecule has 18 heavy (non-hydrogen) atoms. The average molecular weight is 372 g/mol. The standard InChI is InChI=1S/C15H13Br2F/c1-9-8-11(6-7-14(9)18)15(17)12-4-3-5-13(16)10(12)2/h3-8,15H,1-2H3. The second-order valence-corrected chi connectivity index (χ2v) is 6.10. The molecule has 0 bridgehead atoms. The summed E-state index contributed by atoms with van der Waals surface area (Å²) < 4.78 is 14.4. The van der Waals surface area contributed by atoms with Crippen LogP contribution in [0, 0.1) is 19.7 Å². The number of hydrogen-bond donors (Lipinski definition) is 0. The van der Waals surface area contributed by atoms with Gasteiger partial charge in [-0.2, -0.15) is 0 Å². The van der Waals surface area contributed by atoms with E-state index in [-0.39, 0.29) is 10.6 Å². The molecule has 3 heteroatoms. The lowest BCUT2D eigenvalue weighted by atomic mass is 9.99. The van der Waals surface area contributed by atoms with Gasteiger partial charge in [0.25, 0.3) is 0 Å². The average Bonchev–Trinajstić information content (AvgIpc) is 2.35. The number of halogens is 3. The molecule has 0 nitrogen and oxygen atoms in total. The Morgan fingerprint density at radius 2 is 1.83 bits per heavy atom. The predicted octanol–water partition coefficient (Wildman–Crippen LogP) is 5.69. The molecule has 2 aromatic carbocycles. The second kappa shape index (κ2) is 5.54. The number of rotatable bonds is 2. The maximum Gasteiger partial charge on any atom is 0.126 e. The lowest BCUT2D eigenvalue weighted by Gasteiger charge is -2.15. The van der Waals surface area contributed by atoms with Crippen LogP contribution in [0.4, 0.5) is 4.39 Å². The zero-order chi connectivity index (χ0) is 13.3. The fraction of sp³-hybridized carbons (Fsp3) is 0.200. The summed E-state index contributed by atoms with van der Waals surface area (Å²) in [7, 11) is 0. The van der Waals surface area contributed by atoms with Gasteiger partial charge in [0.1, 0.15) is 5.82 Å². The van der Waals surface area contributed by atoms with Gasteiger partial charge in [0, 0.05) is 4.47 Å². The lowest BCUT2D eigenvalue weighted by Crippen LogP contribution is -1.97. The Morgan fingerprint density at radius 1 is 1.11 bits per heavy atom. The molecule has 0 saturated heterocycles. The van der Waals surface area contributed by atoms with E-state index < -0.39 is 0 Å². The second-order valence-electron chi connectivity index (χ2n) is 4.33. The first-order valence-electron chi connectivity index (χ1n) is 5.66. The molecule has 2 rings (SSSR count). The molecule has 0 radical (unpaired) electrons. The number of benzene rings is 2. The number of aryl methyl sites for hydroxylation is 1. The molecule has 0 N–H and O–H groups in total. The van der Waals surface area contributed by atoms with Gasteiger partial charge >= 0.3 is 0 Å². The Hall–Kier alpha value is -0.670. The van der Waals surface area contributed by atoms with E-state index in [0.717, 1.165) is 10.0 Å². The summed E-state index contributed by atoms with van der Waals surface area (Å²) in [6, 6.07) is 11.3. The molecule has 0 aliphatic rings. The fourth-order valence-corrected chi connectivity index (χ4v) is 3.07. The largest absolute Gasteiger partial charge is 0.207 e. The highest BCUT2D eigenvalue weighted by atomic mass is 79.9. The Kier molecular flexibility index (Phi) is 4.23. The number of alkyl halides is 1. The van der Waals surface area contributed by atoms with Gasteiger partial charge in [0.2, 0.25) is 0 Å². The molecule has 0 amide bonds. The van der Waals surface area contributed by atoms with E-state index in [2.05, 4.69) is 44.8 Å². The van der Waals surface area contributed by atoms with Crippen LogP contribution in [0.2, 0.25) is 0 Å². The molecular weight excluding hydrogens is 359 g/mol. The zero-order valence-corrected chi connectivity index (χ0v) is 13.3. The van der Waals surface area contributed by atoms with Crippen LogP contribution in [0.25, 0.3) is 0 Å². The molecule has 94 valence electrons. The van der Waals surface area contributed by atoms with Crippen molar-refractivity contribution < 1.29 is 4.39 Å². The molecule has 2 aromatic rings. The normalized spacial score (nSPS) is 12.5. The van der Waals surface area contributed by atoms with Crippen molar-refractivity contribution in [1.82, 2.24) is 0 Å². The third-order valence-corrected chi connectivity index (χ3v) is 4.94. The Balaban J connectivity index is 2.44. The van der Waals surface area contributed by atoms with E-state index in [4.69, 9.17) is 0 Å². The Morgan fingerprint density at radius 3 is 2.50 bits per heavy atom. The number of hydrogen-bond acceptors (Lipinski definition) is 0. The van der Waals surface area contributed by atoms with E-state index in [0.29, 0.717) is 5.56 Å². The summed E-state index contributed by atoms with van der Waals surface area (Å²) in [4.78, 5) is 0.0781. The maximum atomic E-state index is 13.3. The van der Waals surface area contributed by atoms with Crippen LogP contribution in [0.15, 0.2) is 40.9 Å². The Labute approximate surface area is 123 Å². The van der Waals surface area contributed by atoms with E-state index in [1.165, 1.54) is 17.2 Å². The molecule has 1 atom stereocenters. The summed E-state index contributed by atoms with van der Waals surface area (Å²) in [5, 5.41) is 0. The molecule has 0 aromatic heterocycles. The van der Waals surface area contributed by atoms with Crippen molar-refractivity contribution in [2.75, 3.05) is 0 Å². The van der Waals surface area contributed by atoms with Crippen molar-refractivity contribution in [3.63, 3.8) is 0 Å². The molecule has 0 aliphatic heterocycles. The minimum Gasteiger partial charge on any atom is -0.207 e. The minimum atomic E-state index is -0.163. The Bertz CT molecular complexity index is 579. The van der Waals surface area contributed by atoms with Crippen molar-refractivity contribution in [3.8, 4) is 0 Å². The highest BCUT2D eigenvalue weighted by Crippen LogP contribution is 2.35. The zero-order valence-electron chi connectivity index (χ0n) is 10.2. The van der Waals surface area contributed by atoms with E-state index in [9.17, 15) is 4.39 Å². The minimum absolute atomic E-state index is 0.0781. The van der Waals surface area contributed by atoms with Crippen LogP contribution in [0.3, 0.4) is 0 Å². The van der Waals surface area contributed by atoms with Crippen LogP contribution >= 0.6 is 31.9 Å². The first-order valence-corrected chi connectivity index (χ1v) is 7.36. The highest BCUT2D eigenvalue weighted by Gasteiger charge is 2.14. The van der Waals surface area contributed by atoms with Gasteiger partial charge < -0.3 is 0 Å². The molecule has 0 aliphatic carbocycles. The summed E-state index contributed by atoms with van der Waals surface area (Å²) in [5.74, 6) is -0.163. The third kappa shape index (κ3) is 2.67. The maximum absolute atomic E-state index is 13.3. The van der Waals surface area contributed by atoms with Crippen LogP contribution < -0.4 is 0 Å². The van der Waals surface area contributed by atoms with Crippen molar-refractivity contribution in [3.05, 3.63) is 68.9 Å². The van der Waals surface area contributed by atoms with Gasteiger partial charge in [-0.15, -0.1) is 0 Å². The SMILES string of the molecule is Cc1cc(C(Br)c2cccc(Br)c2C)ccc1F. The molecule has 0 spiro atoms. The molecule has 0 heterocycles. The first-order chi connectivity index (χ1) is 8.50.